The first kappa shape index (κ1) is 22.1. The largest absolute Gasteiger partial charge is 0.485 e. The molecular formula is C31H37NO. The van der Waals surface area contributed by atoms with E-state index in [-0.39, 0.29) is 11.5 Å². The quantitative estimate of drug-likeness (QED) is 0.430. The fourth-order valence-corrected chi connectivity index (χ4v) is 5.83. The Balaban J connectivity index is 1.25. The summed E-state index contributed by atoms with van der Waals surface area (Å²) in [6, 6.07) is 19.4. The van der Waals surface area contributed by atoms with E-state index in [2.05, 4.69) is 92.0 Å². The Hall–Kier alpha value is -2.74. The van der Waals surface area contributed by atoms with Gasteiger partial charge in [0.25, 0.3) is 0 Å². The van der Waals surface area contributed by atoms with Gasteiger partial charge in [0.05, 0.1) is 0 Å². The number of nitrogens with one attached hydrogen (secondary N) is 1. The van der Waals surface area contributed by atoms with Gasteiger partial charge >= 0.3 is 0 Å². The Labute approximate surface area is 199 Å². The molecule has 3 atom stereocenters. The third-order valence-electron chi connectivity index (χ3n) is 7.64. The summed E-state index contributed by atoms with van der Waals surface area (Å²) in [5.41, 5.74) is 7.14. The number of allylic oxidation sites excluding steroid dienone is 5. The third-order valence-corrected chi connectivity index (χ3v) is 7.64. The summed E-state index contributed by atoms with van der Waals surface area (Å²) in [6.07, 6.45) is 15.6. The van der Waals surface area contributed by atoms with E-state index in [9.17, 15) is 0 Å². The van der Waals surface area contributed by atoms with Crippen molar-refractivity contribution in [2.75, 3.05) is 6.54 Å². The van der Waals surface area contributed by atoms with Crippen molar-refractivity contribution in [3.63, 3.8) is 0 Å². The van der Waals surface area contributed by atoms with Crippen molar-refractivity contribution >= 4 is 5.57 Å². The molecule has 0 saturated heterocycles. The van der Waals surface area contributed by atoms with E-state index in [1.807, 2.05) is 0 Å². The summed E-state index contributed by atoms with van der Waals surface area (Å²) >= 11 is 0. The van der Waals surface area contributed by atoms with Crippen molar-refractivity contribution in [2.24, 2.45) is 11.3 Å². The number of hydrogen-bond donors (Lipinski definition) is 1. The molecule has 0 aromatic heterocycles. The van der Waals surface area contributed by atoms with Gasteiger partial charge in [-0.15, -0.1) is 0 Å². The van der Waals surface area contributed by atoms with Crippen molar-refractivity contribution in [1.82, 2.24) is 5.32 Å². The van der Waals surface area contributed by atoms with Gasteiger partial charge in [-0.3, -0.25) is 0 Å². The fourth-order valence-electron chi connectivity index (χ4n) is 5.83. The highest BCUT2D eigenvalue weighted by molar-refractivity contribution is 5.79. The average Bonchev–Trinajstić information content (AvgIpc) is 3.20. The van der Waals surface area contributed by atoms with Gasteiger partial charge in [-0.05, 0) is 68.1 Å². The Morgan fingerprint density at radius 2 is 1.91 bits per heavy atom. The minimum atomic E-state index is 0.0620. The maximum Gasteiger partial charge on any atom is 0.127 e. The highest BCUT2D eigenvalue weighted by Crippen LogP contribution is 2.50. The van der Waals surface area contributed by atoms with Crippen LogP contribution in [0.1, 0.15) is 63.5 Å². The zero-order valence-corrected chi connectivity index (χ0v) is 20.1. The van der Waals surface area contributed by atoms with E-state index in [1.54, 1.807) is 0 Å². The molecule has 2 aromatic rings. The molecule has 2 nitrogen and oxygen atoms in total. The van der Waals surface area contributed by atoms with Crippen molar-refractivity contribution in [3.05, 3.63) is 95.2 Å². The van der Waals surface area contributed by atoms with Crippen molar-refractivity contribution in [2.45, 2.75) is 64.9 Å². The van der Waals surface area contributed by atoms with Crippen molar-refractivity contribution in [3.8, 4) is 5.75 Å². The lowest BCUT2D eigenvalue weighted by molar-refractivity contribution is 0.233. The van der Waals surface area contributed by atoms with Crippen LogP contribution in [0.3, 0.4) is 0 Å². The first-order chi connectivity index (χ1) is 16.1. The maximum atomic E-state index is 6.24. The molecule has 0 saturated carbocycles. The van der Waals surface area contributed by atoms with Gasteiger partial charge in [-0.1, -0.05) is 80.6 Å². The van der Waals surface area contributed by atoms with Crippen LogP contribution < -0.4 is 10.1 Å². The molecule has 1 N–H and O–H groups in total. The first-order valence-electron chi connectivity index (χ1n) is 12.8. The van der Waals surface area contributed by atoms with E-state index in [4.69, 9.17) is 4.74 Å². The molecule has 3 aliphatic rings. The topological polar surface area (TPSA) is 21.3 Å². The lowest BCUT2D eigenvalue weighted by Crippen LogP contribution is -2.30. The van der Waals surface area contributed by atoms with Gasteiger partial charge in [0, 0.05) is 28.8 Å². The zero-order valence-electron chi connectivity index (χ0n) is 20.1. The van der Waals surface area contributed by atoms with Crippen molar-refractivity contribution < 1.29 is 4.74 Å². The zero-order chi connectivity index (χ0) is 22.7. The molecule has 5 rings (SSSR count). The summed E-state index contributed by atoms with van der Waals surface area (Å²) < 4.78 is 6.24. The lowest BCUT2D eigenvalue weighted by atomic mass is 9.69. The summed E-state index contributed by atoms with van der Waals surface area (Å²) in [5.74, 6) is 1.77. The molecule has 0 spiro atoms. The second-order valence-electron chi connectivity index (χ2n) is 10.4. The van der Waals surface area contributed by atoms with E-state index in [1.165, 1.54) is 47.2 Å². The summed E-state index contributed by atoms with van der Waals surface area (Å²) in [5, 5.41) is 3.86. The molecule has 2 unspecified atom stereocenters. The Kier molecular flexibility index (Phi) is 6.44. The van der Waals surface area contributed by atoms with Crippen LogP contribution in [-0.2, 0) is 6.42 Å². The van der Waals surface area contributed by atoms with Crippen LogP contribution in [0.2, 0.25) is 0 Å². The van der Waals surface area contributed by atoms with Crippen molar-refractivity contribution in [1.29, 1.82) is 0 Å². The SMILES string of the molecule is C[C@H](CCCNC1=C(C2(C)C=C3c4ccccc4OC3CC2)C=CCC1)Cc1ccccc1. The second-order valence-corrected chi connectivity index (χ2v) is 10.4. The van der Waals surface area contributed by atoms with E-state index in [0.29, 0.717) is 5.92 Å². The van der Waals surface area contributed by atoms with E-state index < -0.39 is 0 Å². The van der Waals surface area contributed by atoms with E-state index >= 15 is 0 Å². The van der Waals surface area contributed by atoms with Crippen LogP contribution in [-0.4, -0.2) is 12.6 Å². The van der Waals surface area contributed by atoms with Crippen LogP contribution >= 0.6 is 0 Å². The summed E-state index contributed by atoms with van der Waals surface area (Å²) in [7, 11) is 0. The number of benzene rings is 2. The molecule has 0 amide bonds. The Morgan fingerprint density at radius 3 is 2.79 bits per heavy atom. The van der Waals surface area contributed by atoms with Crippen LogP contribution in [0.15, 0.2) is 84.1 Å². The highest BCUT2D eigenvalue weighted by atomic mass is 16.5. The van der Waals surface area contributed by atoms with Gasteiger partial charge in [-0.25, -0.2) is 0 Å². The maximum absolute atomic E-state index is 6.24. The number of hydrogen-bond acceptors (Lipinski definition) is 2. The van der Waals surface area contributed by atoms with Gasteiger partial charge in [0.1, 0.15) is 11.9 Å². The van der Waals surface area contributed by atoms with Crippen LogP contribution in [0.5, 0.6) is 5.75 Å². The minimum Gasteiger partial charge on any atom is -0.485 e. The number of fused-ring (bicyclic) bond motifs is 3. The predicted octanol–water partition coefficient (Wildman–Crippen LogP) is 7.48. The lowest BCUT2D eigenvalue weighted by Gasteiger charge is -2.37. The molecule has 0 bridgehead atoms. The molecule has 2 aromatic carbocycles. The Bertz CT molecular complexity index is 1060. The van der Waals surface area contributed by atoms with Gasteiger partial charge in [0.15, 0.2) is 0 Å². The molecule has 2 aliphatic carbocycles. The van der Waals surface area contributed by atoms with E-state index in [0.717, 1.165) is 38.0 Å². The molecule has 1 aliphatic heterocycles. The standard InChI is InChI=1S/C31H37NO/c1-23(21-24-12-4-3-5-13-24)11-10-20-32-28-16-8-7-15-27(28)31(2)19-18-30-26(22-31)25-14-6-9-17-29(25)33-30/h3-7,9,12-15,17,22-23,30,32H,8,10-11,16,18-21H2,1-2H3/t23-,30?,31?/m1/s1. The molecule has 172 valence electrons. The van der Waals surface area contributed by atoms with Crippen LogP contribution in [0, 0.1) is 11.3 Å². The average molecular weight is 440 g/mol. The fraction of sp³-hybridized carbons (Fsp3) is 0.419. The van der Waals surface area contributed by atoms with Gasteiger partial charge in [0.2, 0.25) is 0 Å². The number of ether oxygens (including phenoxy) is 1. The molecule has 0 fully saturated rings. The third kappa shape index (κ3) is 4.81. The molecule has 2 heteroatoms. The molecule has 33 heavy (non-hydrogen) atoms. The van der Waals surface area contributed by atoms with Gasteiger partial charge < -0.3 is 10.1 Å². The molecular weight excluding hydrogens is 402 g/mol. The first-order valence-corrected chi connectivity index (χ1v) is 12.8. The van der Waals surface area contributed by atoms with Gasteiger partial charge in [-0.2, -0.15) is 0 Å². The Morgan fingerprint density at radius 1 is 1.09 bits per heavy atom. The number of rotatable bonds is 8. The summed E-state index contributed by atoms with van der Waals surface area (Å²) in [6.45, 7) is 5.87. The second kappa shape index (κ2) is 9.63. The van der Waals surface area contributed by atoms with Crippen LogP contribution in [0.4, 0.5) is 0 Å². The van der Waals surface area contributed by atoms with Crippen LogP contribution in [0.25, 0.3) is 5.57 Å². The monoisotopic (exact) mass is 439 g/mol. The highest BCUT2D eigenvalue weighted by Gasteiger charge is 2.39. The predicted molar refractivity (Wildman–Crippen MR) is 138 cm³/mol. The summed E-state index contributed by atoms with van der Waals surface area (Å²) in [4.78, 5) is 0. The molecule has 1 heterocycles. The normalized spacial score (nSPS) is 24.5. The smallest absolute Gasteiger partial charge is 0.127 e. The number of para-hydroxylation sites is 1. The molecule has 0 radical (unpaired) electrons. The minimum absolute atomic E-state index is 0.0620.